The number of para-hydroxylation sites is 1. The van der Waals surface area contributed by atoms with Gasteiger partial charge >= 0.3 is 0 Å². The molecule has 1 unspecified atom stereocenters. The Morgan fingerprint density at radius 3 is 2.81 bits per heavy atom. The Hall–Kier alpha value is -2.02. The maximum Gasteiger partial charge on any atom is 0.277 e. The Kier molecular flexibility index (Phi) is 6.19. The number of carbonyl (C=O) groups is 1. The van der Waals surface area contributed by atoms with Gasteiger partial charge in [-0.05, 0) is 44.7 Å². The average Bonchev–Trinajstić information content (AvgIpc) is 3.11. The molecule has 0 aliphatic carbocycles. The summed E-state index contributed by atoms with van der Waals surface area (Å²) in [4.78, 5) is 14.6. The molecular weight excluding hydrogens is 350 g/mol. The van der Waals surface area contributed by atoms with Gasteiger partial charge in [-0.1, -0.05) is 30.8 Å². The second-order valence-corrected chi connectivity index (χ2v) is 7.86. The van der Waals surface area contributed by atoms with E-state index in [1.165, 1.54) is 11.8 Å². The first-order chi connectivity index (χ1) is 12.6. The van der Waals surface area contributed by atoms with Crippen molar-refractivity contribution in [1.82, 2.24) is 15.1 Å². The zero-order valence-corrected chi connectivity index (χ0v) is 16.3. The summed E-state index contributed by atoms with van der Waals surface area (Å²) in [6.07, 6.45) is 2.14. The van der Waals surface area contributed by atoms with E-state index in [4.69, 9.17) is 9.15 Å². The number of ether oxygens (including phenoxy) is 1. The maximum atomic E-state index is 12.6. The molecule has 1 aliphatic rings. The lowest BCUT2D eigenvalue weighted by Crippen LogP contribution is -2.41. The SMILES string of the molecule is CCOc1ccccc1-c1nnc(SC(C)C(=O)N2CCC(C)CC2)o1. The third-order valence-corrected chi connectivity index (χ3v) is 5.47. The summed E-state index contributed by atoms with van der Waals surface area (Å²) in [5.74, 6) is 1.95. The van der Waals surface area contributed by atoms with Crippen LogP contribution in [0.3, 0.4) is 0 Å². The second-order valence-electron chi connectivity index (χ2n) is 6.57. The molecule has 0 saturated carbocycles. The van der Waals surface area contributed by atoms with E-state index in [2.05, 4.69) is 17.1 Å². The monoisotopic (exact) mass is 375 g/mol. The number of nitrogens with zero attached hydrogens (tertiary/aromatic N) is 3. The average molecular weight is 375 g/mol. The van der Waals surface area contributed by atoms with Crippen molar-refractivity contribution in [3.05, 3.63) is 24.3 Å². The van der Waals surface area contributed by atoms with Crippen LogP contribution in [0.4, 0.5) is 0 Å². The molecule has 1 aliphatic heterocycles. The van der Waals surface area contributed by atoms with Gasteiger partial charge in [0.2, 0.25) is 5.91 Å². The third-order valence-electron chi connectivity index (χ3n) is 4.54. The minimum absolute atomic E-state index is 0.136. The highest BCUT2D eigenvalue weighted by atomic mass is 32.2. The summed E-state index contributed by atoms with van der Waals surface area (Å²) in [6.45, 7) is 8.29. The number of likely N-dealkylation sites (tertiary alicyclic amines) is 1. The molecule has 1 saturated heterocycles. The van der Waals surface area contributed by atoms with Gasteiger partial charge in [-0.3, -0.25) is 4.79 Å². The van der Waals surface area contributed by atoms with Crippen LogP contribution in [0.25, 0.3) is 11.5 Å². The van der Waals surface area contributed by atoms with Crippen molar-refractivity contribution < 1.29 is 13.9 Å². The molecule has 1 amide bonds. The van der Waals surface area contributed by atoms with Crippen molar-refractivity contribution in [1.29, 1.82) is 0 Å². The van der Waals surface area contributed by atoms with Crippen molar-refractivity contribution in [2.75, 3.05) is 19.7 Å². The smallest absolute Gasteiger partial charge is 0.277 e. The molecule has 0 radical (unpaired) electrons. The van der Waals surface area contributed by atoms with Crippen molar-refractivity contribution in [2.24, 2.45) is 5.92 Å². The number of amides is 1. The summed E-state index contributed by atoms with van der Waals surface area (Å²) in [5.41, 5.74) is 0.762. The van der Waals surface area contributed by atoms with E-state index in [0.29, 0.717) is 29.4 Å². The van der Waals surface area contributed by atoms with Crippen LogP contribution in [0.2, 0.25) is 0 Å². The zero-order chi connectivity index (χ0) is 18.5. The Morgan fingerprint density at radius 1 is 1.35 bits per heavy atom. The number of thioether (sulfide) groups is 1. The fourth-order valence-corrected chi connectivity index (χ4v) is 3.75. The number of rotatable bonds is 6. The highest BCUT2D eigenvalue weighted by Gasteiger charge is 2.26. The molecule has 3 rings (SSSR count). The first-order valence-electron chi connectivity index (χ1n) is 9.09. The molecule has 7 heteroatoms. The highest BCUT2D eigenvalue weighted by molar-refractivity contribution is 8.00. The topological polar surface area (TPSA) is 68.5 Å². The lowest BCUT2D eigenvalue weighted by atomic mass is 9.99. The van der Waals surface area contributed by atoms with Crippen LogP contribution in [-0.2, 0) is 4.79 Å². The van der Waals surface area contributed by atoms with Gasteiger partial charge in [0.1, 0.15) is 5.75 Å². The molecule has 6 nitrogen and oxygen atoms in total. The zero-order valence-electron chi connectivity index (χ0n) is 15.5. The van der Waals surface area contributed by atoms with Gasteiger partial charge < -0.3 is 14.1 Å². The maximum absolute atomic E-state index is 12.6. The summed E-state index contributed by atoms with van der Waals surface area (Å²) in [5, 5.41) is 8.36. The highest BCUT2D eigenvalue weighted by Crippen LogP contribution is 2.32. The van der Waals surface area contributed by atoms with Crippen LogP contribution in [0.1, 0.15) is 33.6 Å². The molecule has 2 aromatic rings. The molecule has 1 aromatic heterocycles. The molecule has 1 fully saturated rings. The predicted octanol–water partition coefficient (Wildman–Crippen LogP) is 3.87. The van der Waals surface area contributed by atoms with Gasteiger partial charge in [0.05, 0.1) is 17.4 Å². The van der Waals surface area contributed by atoms with E-state index in [-0.39, 0.29) is 11.2 Å². The summed E-state index contributed by atoms with van der Waals surface area (Å²) < 4.78 is 11.4. The number of piperidine rings is 1. The Balaban J connectivity index is 1.66. The van der Waals surface area contributed by atoms with Crippen molar-refractivity contribution >= 4 is 17.7 Å². The third kappa shape index (κ3) is 4.38. The predicted molar refractivity (Wildman–Crippen MR) is 101 cm³/mol. The van der Waals surface area contributed by atoms with Crippen LogP contribution < -0.4 is 4.74 Å². The molecule has 1 aromatic carbocycles. The lowest BCUT2D eigenvalue weighted by Gasteiger charge is -2.31. The summed E-state index contributed by atoms with van der Waals surface area (Å²) in [7, 11) is 0. The van der Waals surface area contributed by atoms with Gasteiger partial charge in [0, 0.05) is 13.1 Å². The first-order valence-corrected chi connectivity index (χ1v) is 9.97. The molecule has 2 heterocycles. The van der Waals surface area contributed by atoms with Crippen LogP contribution >= 0.6 is 11.8 Å². The van der Waals surface area contributed by atoms with E-state index >= 15 is 0 Å². The van der Waals surface area contributed by atoms with E-state index in [1.54, 1.807) is 0 Å². The fourth-order valence-electron chi connectivity index (χ4n) is 2.98. The first kappa shape index (κ1) is 18.8. The van der Waals surface area contributed by atoms with Crippen molar-refractivity contribution in [3.63, 3.8) is 0 Å². The van der Waals surface area contributed by atoms with Crippen molar-refractivity contribution in [2.45, 2.75) is 44.1 Å². The minimum Gasteiger partial charge on any atom is -0.493 e. The van der Waals surface area contributed by atoms with Gasteiger partial charge in [0.15, 0.2) is 0 Å². The molecule has 1 atom stereocenters. The molecular formula is C19H25N3O3S. The van der Waals surface area contributed by atoms with Gasteiger partial charge in [-0.25, -0.2) is 0 Å². The minimum atomic E-state index is -0.251. The van der Waals surface area contributed by atoms with E-state index in [0.717, 1.165) is 31.5 Å². The van der Waals surface area contributed by atoms with Crippen LogP contribution in [0, 0.1) is 5.92 Å². The molecule has 0 bridgehead atoms. The fraction of sp³-hybridized carbons (Fsp3) is 0.526. The Morgan fingerprint density at radius 2 is 2.08 bits per heavy atom. The number of carbonyl (C=O) groups excluding carboxylic acids is 1. The van der Waals surface area contributed by atoms with E-state index in [9.17, 15) is 4.79 Å². The lowest BCUT2D eigenvalue weighted by molar-refractivity contribution is -0.131. The molecule has 0 spiro atoms. The van der Waals surface area contributed by atoms with Crippen LogP contribution in [0.5, 0.6) is 5.75 Å². The quantitative estimate of drug-likeness (QED) is 0.714. The number of hydrogen-bond acceptors (Lipinski definition) is 6. The van der Waals surface area contributed by atoms with Gasteiger partial charge in [-0.15, -0.1) is 10.2 Å². The van der Waals surface area contributed by atoms with Crippen molar-refractivity contribution in [3.8, 4) is 17.2 Å². The Bertz CT molecular complexity index is 741. The molecule has 0 N–H and O–H groups in total. The van der Waals surface area contributed by atoms with E-state index < -0.39 is 0 Å². The van der Waals surface area contributed by atoms with Gasteiger partial charge in [0.25, 0.3) is 11.1 Å². The second kappa shape index (κ2) is 8.58. The molecule has 140 valence electrons. The number of aromatic nitrogens is 2. The normalized spacial score (nSPS) is 16.5. The van der Waals surface area contributed by atoms with Crippen LogP contribution in [0.15, 0.2) is 33.9 Å². The van der Waals surface area contributed by atoms with E-state index in [1.807, 2.05) is 43.0 Å². The summed E-state index contributed by atoms with van der Waals surface area (Å²) >= 11 is 1.31. The van der Waals surface area contributed by atoms with Crippen LogP contribution in [-0.4, -0.2) is 46.0 Å². The largest absolute Gasteiger partial charge is 0.493 e. The molecule has 26 heavy (non-hydrogen) atoms. The van der Waals surface area contributed by atoms with Gasteiger partial charge in [-0.2, -0.15) is 0 Å². The standard InChI is InChI=1S/C19H25N3O3S/c1-4-24-16-8-6-5-7-15(16)17-20-21-19(25-17)26-14(3)18(23)22-11-9-13(2)10-12-22/h5-8,13-14H,4,9-12H2,1-3H3. The number of benzene rings is 1. The number of hydrogen-bond donors (Lipinski definition) is 0. The summed E-state index contributed by atoms with van der Waals surface area (Å²) in [6, 6.07) is 7.56. The Labute approximate surface area is 158 Å².